The number of nitrogens with zero attached hydrogens (tertiary/aromatic N) is 2. The minimum absolute atomic E-state index is 0.0520. The number of hydrogen-bond donors (Lipinski definition) is 1. The average Bonchev–Trinajstić information content (AvgIpc) is 3.00. The Kier molecular flexibility index (Phi) is 10.4. The molecule has 4 aromatic rings. The number of ether oxygens (including phenoxy) is 1. The molecule has 1 atom stereocenters. The maximum absolute atomic E-state index is 14.1. The summed E-state index contributed by atoms with van der Waals surface area (Å²) < 4.78 is 35.1. The van der Waals surface area contributed by atoms with E-state index in [2.05, 4.69) is 5.32 Å². The first-order chi connectivity index (χ1) is 20.9. The number of carbonyl (C=O) groups is 2. The van der Waals surface area contributed by atoms with Crippen molar-refractivity contribution in [1.29, 1.82) is 0 Å². The lowest BCUT2D eigenvalue weighted by Crippen LogP contribution is -2.52. The largest absolute Gasteiger partial charge is 0.457 e. The van der Waals surface area contributed by atoms with E-state index in [1.54, 1.807) is 43.3 Å². The van der Waals surface area contributed by atoms with Crippen LogP contribution in [0.25, 0.3) is 0 Å². The third kappa shape index (κ3) is 8.26. The number of hydrogen-bond acceptors (Lipinski definition) is 5. The van der Waals surface area contributed by atoms with Gasteiger partial charge in [-0.1, -0.05) is 65.7 Å². The van der Waals surface area contributed by atoms with Gasteiger partial charge < -0.3 is 15.0 Å². The van der Waals surface area contributed by atoms with Crippen LogP contribution >= 0.6 is 0 Å². The second kappa shape index (κ2) is 14.2. The molecule has 0 aliphatic heterocycles. The molecule has 1 N–H and O–H groups in total. The summed E-state index contributed by atoms with van der Waals surface area (Å²) >= 11 is 0. The van der Waals surface area contributed by atoms with Crippen molar-refractivity contribution in [3.63, 3.8) is 0 Å². The Morgan fingerprint density at radius 1 is 0.750 bits per heavy atom. The van der Waals surface area contributed by atoms with Gasteiger partial charge in [0.2, 0.25) is 11.8 Å². The Hall–Kier alpha value is -4.63. The number of nitrogens with one attached hydrogen (secondary N) is 1. The SMILES string of the molecule is Cc1ccc(CN(C(=O)CN(c2ccc(Oc3ccccc3)cc2)S(=O)(=O)c2ccc(C)cc2)C(C)C(=O)NC(C)C)cc1. The number of anilines is 1. The van der Waals surface area contributed by atoms with E-state index in [0.29, 0.717) is 11.5 Å². The van der Waals surface area contributed by atoms with Crippen molar-refractivity contribution < 1.29 is 22.7 Å². The maximum atomic E-state index is 14.1. The molecule has 44 heavy (non-hydrogen) atoms. The molecular weight excluding hydrogens is 574 g/mol. The molecule has 9 heteroatoms. The van der Waals surface area contributed by atoms with E-state index in [1.807, 2.05) is 82.3 Å². The topological polar surface area (TPSA) is 96.0 Å². The summed E-state index contributed by atoms with van der Waals surface area (Å²) in [5.41, 5.74) is 3.08. The molecule has 4 aromatic carbocycles. The fourth-order valence-electron chi connectivity index (χ4n) is 4.55. The zero-order valence-corrected chi connectivity index (χ0v) is 26.5. The lowest BCUT2D eigenvalue weighted by molar-refractivity contribution is -0.139. The number of para-hydroxylation sites is 1. The first-order valence-electron chi connectivity index (χ1n) is 14.5. The Labute approximate surface area is 260 Å². The summed E-state index contributed by atoms with van der Waals surface area (Å²) in [6, 6.07) is 28.9. The number of sulfonamides is 1. The van der Waals surface area contributed by atoms with E-state index in [-0.39, 0.29) is 29.1 Å². The van der Waals surface area contributed by atoms with Crippen LogP contribution in [0, 0.1) is 13.8 Å². The number of aryl methyl sites for hydroxylation is 2. The summed E-state index contributed by atoms with van der Waals surface area (Å²) in [5.74, 6) is 0.312. The van der Waals surface area contributed by atoms with Gasteiger partial charge in [0.1, 0.15) is 24.1 Å². The highest BCUT2D eigenvalue weighted by atomic mass is 32.2. The third-order valence-electron chi connectivity index (χ3n) is 7.06. The number of benzene rings is 4. The number of amides is 2. The van der Waals surface area contributed by atoms with Gasteiger partial charge in [-0.05, 0) is 88.7 Å². The Bertz CT molecular complexity index is 1650. The van der Waals surface area contributed by atoms with Crippen molar-refractivity contribution in [3.05, 3.63) is 120 Å². The molecule has 1 unspecified atom stereocenters. The van der Waals surface area contributed by atoms with E-state index < -0.39 is 28.5 Å². The van der Waals surface area contributed by atoms with E-state index in [9.17, 15) is 18.0 Å². The second-order valence-electron chi connectivity index (χ2n) is 11.1. The van der Waals surface area contributed by atoms with Crippen molar-refractivity contribution >= 4 is 27.5 Å². The van der Waals surface area contributed by atoms with E-state index in [4.69, 9.17) is 4.74 Å². The van der Waals surface area contributed by atoms with Gasteiger partial charge >= 0.3 is 0 Å². The first kappa shape index (κ1) is 32.3. The van der Waals surface area contributed by atoms with Gasteiger partial charge in [0, 0.05) is 12.6 Å². The summed E-state index contributed by atoms with van der Waals surface area (Å²) in [4.78, 5) is 28.6. The van der Waals surface area contributed by atoms with Crippen LogP contribution in [0.15, 0.2) is 108 Å². The lowest BCUT2D eigenvalue weighted by Gasteiger charge is -2.32. The van der Waals surface area contributed by atoms with E-state index >= 15 is 0 Å². The van der Waals surface area contributed by atoms with Gasteiger partial charge in [0.25, 0.3) is 10.0 Å². The highest BCUT2D eigenvalue weighted by Gasteiger charge is 2.32. The smallest absolute Gasteiger partial charge is 0.264 e. The Balaban J connectivity index is 1.70. The average molecular weight is 614 g/mol. The maximum Gasteiger partial charge on any atom is 0.264 e. The van der Waals surface area contributed by atoms with Gasteiger partial charge in [-0.2, -0.15) is 0 Å². The molecule has 230 valence electrons. The van der Waals surface area contributed by atoms with Crippen LogP contribution in [-0.4, -0.2) is 43.8 Å². The van der Waals surface area contributed by atoms with Crippen LogP contribution < -0.4 is 14.4 Å². The molecule has 0 spiro atoms. The van der Waals surface area contributed by atoms with Gasteiger partial charge in [0.15, 0.2) is 0 Å². The van der Waals surface area contributed by atoms with Gasteiger partial charge in [-0.3, -0.25) is 13.9 Å². The summed E-state index contributed by atoms with van der Waals surface area (Å²) in [6.07, 6.45) is 0. The number of carbonyl (C=O) groups excluding carboxylic acids is 2. The second-order valence-corrected chi connectivity index (χ2v) is 12.9. The summed E-state index contributed by atoms with van der Waals surface area (Å²) in [6.45, 7) is 8.80. The van der Waals surface area contributed by atoms with Crippen molar-refractivity contribution in [2.45, 2.75) is 58.1 Å². The summed E-state index contributed by atoms with van der Waals surface area (Å²) in [7, 11) is -4.17. The molecule has 8 nitrogen and oxygen atoms in total. The van der Waals surface area contributed by atoms with Crippen LogP contribution in [0.2, 0.25) is 0 Å². The normalized spacial score (nSPS) is 12.0. The third-order valence-corrected chi connectivity index (χ3v) is 8.85. The van der Waals surface area contributed by atoms with Crippen LogP contribution in [0.1, 0.15) is 37.5 Å². The molecule has 0 radical (unpaired) electrons. The molecule has 0 bridgehead atoms. The van der Waals surface area contributed by atoms with Crippen LogP contribution in [0.4, 0.5) is 5.69 Å². The van der Waals surface area contributed by atoms with Crippen LogP contribution in [0.3, 0.4) is 0 Å². The Morgan fingerprint density at radius 2 is 1.30 bits per heavy atom. The molecule has 0 aromatic heterocycles. The van der Waals surface area contributed by atoms with Gasteiger partial charge in [-0.15, -0.1) is 0 Å². The standard InChI is InChI=1S/C35H39N3O5S/c1-25(2)36-35(40)28(5)37(23-29-15-11-26(3)12-16-29)34(39)24-38(44(41,42)33-21-13-27(4)14-22-33)30-17-19-32(20-18-30)43-31-9-7-6-8-10-31/h6-22,25,28H,23-24H2,1-5H3,(H,36,40). The van der Waals surface area contributed by atoms with Crippen molar-refractivity contribution in [2.24, 2.45) is 0 Å². The monoisotopic (exact) mass is 613 g/mol. The summed E-state index contributed by atoms with van der Waals surface area (Å²) in [5, 5.41) is 2.87. The molecule has 0 aliphatic carbocycles. The molecule has 2 amide bonds. The number of rotatable bonds is 12. The lowest BCUT2D eigenvalue weighted by atomic mass is 10.1. The zero-order chi connectivity index (χ0) is 31.9. The molecule has 0 saturated carbocycles. The predicted octanol–water partition coefficient (Wildman–Crippen LogP) is 6.23. The molecule has 4 rings (SSSR count). The van der Waals surface area contributed by atoms with Gasteiger partial charge in [-0.25, -0.2) is 8.42 Å². The molecular formula is C35H39N3O5S. The quantitative estimate of drug-likeness (QED) is 0.204. The minimum atomic E-state index is -4.17. The minimum Gasteiger partial charge on any atom is -0.457 e. The van der Waals surface area contributed by atoms with Crippen molar-refractivity contribution in [3.8, 4) is 11.5 Å². The highest BCUT2D eigenvalue weighted by Crippen LogP contribution is 2.29. The molecule has 0 heterocycles. The first-order valence-corrected chi connectivity index (χ1v) is 16.0. The molecule has 0 aliphatic rings. The fourth-order valence-corrected chi connectivity index (χ4v) is 5.96. The van der Waals surface area contributed by atoms with Crippen LogP contribution in [0.5, 0.6) is 11.5 Å². The zero-order valence-electron chi connectivity index (χ0n) is 25.7. The fraction of sp³-hybridized carbons (Fsp3) is 0.257. The van der Waals surface area contributed by atoms with Crippen molar-refractivity contribution in [1.82, 2.24) is 10.2 Å². The van der Waals surface area contributed by atoms with Gasteiger partial charge in [0.05, 0.1) is 10.6 Å². The molecule has 0 saturated heterocycles. The highest BCUT2D eigenvalue weighted by molar-refractivity contribution is 7.92. The molecule has 0 fully saturated rings. The predicted molar refractivity (Wildman–Crippen MR) is 173 cm³/mol. The van der Waals surface area contributed by atoms with Crippen LogP contribution in [-0.2, 0) is 26.2 Å². The van der Waals surface area contributed by atoms with E-state index in [1.165, 1.54) is 17.0 Å². The Morgan fingerprint density at radius 3 is 1.86 bits per heavy atom. The van der Waals surface area contributed by atoms with E-state index in [0.717, 1.165) is 21.0 Å². The van der Waals surface area contributed by atoms with Crippen molar-refractivity contribution in [2.75, 3.05) is 10.8 Å².